The lowest BCUT2D eigenvalue weighted by atomic mass is 10.1. The molecule has 0 unspecified atom stereocenters. The summed E-state index contributed by atoms with van der Waals surface area (Å²) in [6, 6.07) is 11.5. The second-order valence-corrected chi connectivity index (χ2v) is 5.99. The molecule has 0 heterocycles. The summed E-state index contributed by atoms with van der Waals surface area (Å²) in [5.74, 6) is -1.74. The molecule has 0 atom stereocenters. The normalized spacial score (nSPS) is 10.3. The molecule has 0 aliphatic rings. The standard InChI is InChI=1S/C19H18N2O6/c1-12(2)18(23)20-14-9-7-13(8-10-14)17(22)11-27-19(24)15-5-3-4-6-16(15)21(25)26/h3-10,12H,11H2,1-2H3,(H,20,23). The Labute approximate surface area is 155 Å². The number of ether oxygens (including phenoxy) is 1. The SMILES string of the molecule is CC(C)C(=O)Nc1ccc(C(=O)COC(=O)c2ccccc2[N+](=O)[O-])cc1. The highest BCUT2D eigenvalue weighted by Crippen LogP contribution is 2.19. The number of carbonyl (C=O) groups excluding carboxylic acids is 3. The van der Waals surface area contributed by atoms with Gasteiger partial charge in [-0.3, -0.25) is 19.7 Å². The van der Waals surface area contributed by atoms with Gasteiger partial charge < -0.3 is 10.1 Å². The lowest BCUT2D eigenvalue weighted by Gasteiger charge is -2.08. The van der Waals surface area contributed by atoms with Crippen LogP contribution in [0.25, 0.3) is 0 Å². The van der Waals surface area contributed by atoms with Gasteiger partial charge >= 0.3 is 5.97 Å². The Morgan fingerprint density at radius 3 is 2.30 bits per heavy atom. The topological polar surface area (TPSA) is 116 Å². The number of para-hydroxylation sites is 1. The first-order chi connectivity index (χ1) is 12.8. The van der Waals surface area contributed by atoms with Gasteiger partial charge in [0.05, 0.1) is 4.92 Å². The molecule has 0 fully saturated rings. The molecule has 0 aliphatic carbocycles. The van der Waals surface area contributed by atoms with E-state index in [4.69, 9.17) is 4.74 Å². The Kier molecular flexibility index (Phi) is 6.37. The predicted molar refractivity (Wildman–Crippen MR) is 97.6 cm³/mol. The largest absolute Gasteiger partial charge is 0.454 e. The quantitative estimate of drug-likeness (QED) is 0.346. The molecule has 1 amide bonds. The van der Waals surface area contributed by atoms with Crippen LogP contribution in [-0.4, -0.2) is 29.2 Å². The fourth-order valence-electron chi connectivity index (χ4n) is 2.12. The lowest BCUT2D eigenvalue weighted by Crippen LogP contribution is -2.18. The third-order valence-electron chi connectivity index (χ3n) is 3.65. The van der Waals surface area contributed by atoms with Gasteiger partial charge in [0, 0.05) is 23.2 Å². The van der Waals surface area contributed by atoms with Crippen LogP contribution in [0.15, 0.2) is 48.5 Å². The van der Waals surface area contributed by atoms with Crippen LogP contribution in [0, 0.1) is 16.0 Å². The van der Waals surface area contributed by atoms with Crippen molar-refractivity contribution in [2.24, 2.45) is 5.92 Å². The fraction of sp³-hybridized carbons (Fsp3) is 0.211. The summed E-state index contributed by atoms with van der Waals surface area (Å²) in [7, 11) is 0. The molecule has 0 saturated heterocycles. The summed E-state index contributed by atoms with van der Waals surface area (Å²) in [5, 5.41) is 13.6. The van der Waals surface area contributed by atoms with E-state index in [1.165, 1.54) is 36.4 Å². The van der Waals surface area contributed by atoms with E-state index in [0.717, 1.165) is 0 Å². The van der Waals surface area contributed by atoms with Crippen molar-refractivity contribution in [3.8, 4) is 0 Å². The minimum Gasteiger partial charge on any atom is -0.454 e. The van der Waals surface area contributed by atoms with Crippen molar-refractivity contribution in [2.75, 3.05) is 11.9 Å². The number of Topliss-reactive ketones (excluding diaryl/α,β-unsaturated/α-hetero) is 1. The van der Waals surface area contributed by atoms with Gasteiger partial charge in [-0.05, 0) is 30.3 Å². The number of rotatable bonds is 7. The first kappa shape index (κ1) is 19.8. The highest BCUT2D eigenvalue weighted by molar-refractivity contribution is 6.01. The number of amides is 1. The van der Waals surface area contributed by atoms with Crippen molar-refractivity contribution >= 4 is 29.0 Å². The number of hydrogen-bond donors (Lipinski definition) is 1. The fourth-order valence-corrected chi connectivity index (χ4v) is 2.12. The van der Waals surface area contributed by atoms with Gasteiger partial charge in [-0.2, -0.15) is 0 Å². The van der Waals surface area contributed by atoms with E-state index >= 15 is 0 Å². The van der Waals surface area contributed by atoms with Crippen LogP contribution in [0.4, 0.5) is 11.4 Å². The molecule has 8 nitrogen and oxygen atoms in total. The summed E-state index contributed by atoms with van der Waals surface area (Å²) in [6.45, 7) is 2.97. The van der Waals surface area contributed by atoms with Crippen LogP contribution < -0.4 is 5.32 Å². The molecule has 140 valence electrons. The molecule has 0 spiro atoms. The van der Waals surface area contributed by atoms with Gasteiger partial charge in [0.1, 0.15) is 5.56 Å². The molecule has 8 heteroatoms. The highest BCUT2D eigenvalue weighted by Gasteiger charge is 2.21. The smallest absolute Gasteiger partial charge is 0.345 e. The van der Waals surface area contributed by atoms with Gasteiger partial charge in [-0.15, -0.1) is 0 Å². The van der Waals surface area contributed by atoms with Crippen LogP contribution in [0.2, 0.25) is 0 Å². The number of ketones is 1. The maximum Gasteiger partial charge on any atom is 0.345 e. The zero-order valence-corrected chi connectivity index (χ0v) is 14.8. The van der Waals surface area contributed by atoms with Crippen molar-refractivity contribution in [1.82, 2.24) is 0 Å². The average molecular weight is 370 g/mol. The van der Waals surface area contributed by atoms with Gasteiger partial charge in [0.25, 0.3) is 5.69 Å². The maximum atomic E-state index is 12.1. The molecule has 2 aromatic rings. The summed E-state index contributed by atoms with van der Waals surface area (Å²) in [6.07, 6.45) is 0. The first-order valence-electron chi connectivity index (χ1n) is 8.14. The molecule has 0 bridgehead atoms. The first-order valence-corrected chi connectivity index (χ1v) is 8.14. The maximum absolute atomic E-state index is 12.1. The van der Waals surface area contributed by atoms with Crippen molar-refractivity contribution in [1.29, 1.82) is 0 Å². The monoisotopic (exact) mass is 370 g/mol. The highest BCUT2D eigenvalue weighted by atomic mass is 16.6. The summed E-state index contributed by atoms with van der Waals surface area (Å²) in [4.78, 5) is 46.0. The number of nitrogens with zero attached hydrogens (tertiary/aromatic N) is 1. The molecule has 2 aromatic carbocycles. The molecule has 0 radical (unpaired) electrons. The van der Waals surface area contributed by atoms with E-state index in [0.29, 0.717) is 5.69 Å². The molecular weight excluding hydrogens is 352 g/mol. The van der Waals surface area contributed by atoms with Gasteiger partial charge in [-0.25, -0.2) is 4.79 Å². The van der Waals surface area contributed by atoms with Crippen molar-refractivity contribution in [3.05, 3.63) is 69.8 Å². The minimum absolute atomic E-state index is 0.146. The number of anilines is 1. The Balaban J connectivity index is 1.99. The Morgan fingerprint density at radius 1 is 1.07 bits per heavy atom. The lowest BCUT2D eigenvalue weighted by molar-refractivity contribution is -0.385. The number of benzene rings is 2. The van der Waals surface area contributed by atoms with Crippen LogP contribution in [0.3, 0.4) is 0 Å². The predicted octanol–water partition coefficient (Wildman–Crippen LogP) is 3.23. The molecule has 0 aromatic heterocycles. The summed E-state index contributed by atoms with van der Waals surface area (Å²) < 4.78 is 4.90. The van der Waals surface area contributed by atoms with Crippen molar-refractivity contribution in [3.63, 3.8) is 0 Å². The van der Waals surface area contributed by atoms with Crippen LogP contribution in [-0.2, 0) is 9.53 Å². The van der Waals surface area contributed by atoms with Crippen LogP contribution in [0.1, 0.15) is 34.6 Å². The van der Waals surface area contributed by atoms with Gasteiger partial charge in [-0.1, -0.05) is 26.0 Å². The second-order valence-electron chi connectivity index (χ2n) is 5.99. The third kappa shape index (κ3) is 5.21. The third-order valence-corrected chi connectivity index (χ3v) is 3.65. The molecular formula is C19H18N2O6. The second kappa shape index (κ2) is 8.70. The van der Waals surface area contributed by atoms with Gasteiger partial charge in [0.15, 0.2) is 12.4 Å². The van der Waals surface area contributed by atoms with E-state index in [9.17, 15) is 24.5 Å². The number of nitro groups is 1. The van der Waals surface area contributed by atoms with E-state index in [-0.39, 0.29) is 28.6 Å². The summed E-state index contributed by atoms with van der Waals surface area (Å²) in [5.41, 5.74) is 0.220. The number of hydrogen-bond acceptors (Lipinski definition) is 6. The average Bonchev–Trinajstić information content (AvgIpc) is 2.66. The van der Waals surface area contributed by atoms with E-state index in [2.05, 4.69) is 5.32 Å². The molecule has 27 heavy (non-hydrogen) atoms. The van der Waals surface area contributed by atoms with Crippen LogP contribution in [0.5, 0.6) is 0 Å². The minimum atomic E-state index is -0.948. The number of esters is 1. The Morgan fingerprint density at radius 2 is 1.70 bits per heavy atom. The number of nitrogens with one attached hydrogen (secondary N) is 1. The molecule has 2 rings (SSSR count). The molecule has 1 N–H and O–H groups in total. The Bertz CT molecular complexity index is 874. The van der Waals surface area contributed by atoms with Crippen molar-refractivity contribution in [2.45, 2.75) is 13.8 Å². The van der Waals surface area contributed by atoms with Crippen LogP contribution >= 0.6 is 0 Å². The zero-order valence-electron chi connectivity index (χ0n) is 14.8. The molecule has 0 saturated carbocycles. The van der Waals surface area contributed by atoms with Gasteiger partial charge in [0.2, 0.25) is 5.91 Å². The van der Waals surface area contributed by atoms with E-state index in [1.807, 2.05) is 0 Å². The summed E-state index contributed by atoms with van der Waals surface area (Å²) >= 11 is 0. The molecule has 0 aliphatic heterocycles. The van der Waals surface area contributed by atoms with E-state index in [1.54, 1.807) is 26.0 Å². The van der Waals surface area contributed by atoms with E-state index < -0.39 is 23.3 Å². The zero-order chi connectivity index (χ0) is 20.0. The number of nitro benzene ring substituents is 1. The van der Waals surface area contributed by atoms with Crippen molar-refractivity contribution < 1.29 is 24.0 Å². The number of carbonyl (C=O) groups is 3. The Hall–Kier alpha value is -3.55.